The molecule has 30 heavy (non-hydrogen) atoms. The second-order valence-electron chi connectivity index (χ2n) is 7.28. The molecule has 2 aromatic heterocycles. The number of nitrogens with one attached hydrogen (secondary N) is 3. The third-order valence-corrected chi connectivity index (χ3v) is 4.62. The number of hydrogen-bond acceptors (Lipinski definition) is 8. The van der Waals surface area contributed by atoms with Gasteiger partial charge in [0.25, 0.3) is 5.91 Å². The zero-order chi connectivity index (χ0) is 20.9. The van der Waals surface area contributed by atoms with Crippen molar-refractivity contribution in [3.63, 3.8) is 0 Å². The van der Waals surface area contributed by atoms with Gasteiger partial charge in [0.05, 0.1) is 0 Å². The van der Waals surface area contributed by atoms with Crippen molar-refractivity contribution in [2.75, 3.05) is 22.2 Å². The number of carbonyl (C=O) groups excluding carboxylic acids is 1. The number of rotatable bonds is 6. The summed E-state index contributed by atoms with van der Waals surface area (Å²) in [5.74, 6) is 0.925. The number of amides is 1. The number of hydrazine groups is 1. The first-order valence-corrected chi connectivity index (χ1v) is 9.94. The fraction of sp³-hybridized carbons (Fsp3) is 0.286. The standard InChI is InChI=1S/C21H24N8O/c1-14(2)23-19-24-20(28-27-18(30)16-9-11-22-12-10-16)26-21(25-19)29-13-5-7-15-6-3-4-8-17(15)29/h3-4,6,8-12,14H,5,7,13H2,1-2H3,(H,27,30)(H2,23,24,25,26,28). The molecule has 1 aromatic carbocycles. The molecule has 3 N–H and O–H groups in total. The van der Waals surface area contributed by atoms with Crippen LogP contribution in [0.2, 0.25) is 0 Å². The fourth-order valence-corrected chi connectivity index (χ4v) is 3.29. The summed E-state index contributed by atoms with van der Waals surface area (Å²) < 4.78 is 0. The minimum atomic E-state index is -0.305. The largest absolute Gasteiger partial charge is 0.352 e. The molecule has 1 aliphatic rings. The number of anilines is 4. The fourth-order valence-electron chi connectivity index (χ4n) is 3.29. The number of pyridine rings is 1. The van der Waals surface area contributed by atoms with Crippen molar-refractivity contribution in [2.45, 2.75) is 32.7 Å². The number of nitrogens with zero attached hydrogens (tertiary/aromatic N) is 5. The molecular weight excluding hydrogens is 380 g/mol. The van der Waals surface area contributed by atoms with Gasteiger partial charge in [-0.2, -0.15) is 15.0 Å². The Hall–Kier alpha value is -3.75. The van der Waals surface area contributed by atoms with E-state index in [-0.39, 0.29) is 17.9 Å². The van der Waals surface area contributed by atoms with E-state index < -0.39 is 0 Å². The van der Waals surface area contributed by atoms with Gasteiger partial charge < -0.3 is 10.2 Å². The van der Waals surface area contributed by atoms with Gasteiger partial charge in [0, 0.05) is 36.2 Å². The Balaban J connectivity index is 1.61. The normalized spacial score (nSPS) is 13.0. The summed E-state index contributed by atoms with van der Waals surface area (Å²) in [4.78, 5) is 31.9. The van der Waals surface area contributed by atoms with Crippen molar-refractivity contribution < 1.29 is 4.79 Å². The molecular formula is C21H24N8O. The first-order valence-electron chi connectivity index (χ1n) is 9.94. The van der Waals surface area contributed by atoms with Gasteiger partial charge in [-0.05, 0) is 50.5 Å². The maximum atomic E-state index is 12.3. The maximum Gasteiger partial charge on any atom is 0.269 e. The molecule has 0 atom stereocenters. The average Bonchev–Trinajstić information content (AvgIpc) is 2.77. The Labute approximate surface area is 175 Å². The summed E-state index contributed by atoms with van der Waals surface area (Å²) in [5, 5.41) is 3.22. The van der Waals surface area contributed by atoms with Crippen LogP contribution < -0.4 is 21.1 Å². The highest BCUT2D eigenvalue weighted by atomic mass is 16.2. The van der Waals surface area contributed by atoms with E-state index in [1.54, 1.807) is 24.5 Å². The first-order chi connectivity index (χ1) is 14.6. The Kier molecular flexibility index (Phi) is 5.69. The van der Waals surface area contributed by atoms with E-state index in [0.29, 0.717) is 17.5 Å². The van der Waals surface area contributed by atoms with Gasteiger partial charge in [-0.15, -0.1) is 0 Å². The topological polar surface area (TPSA) is 108 Å². The molecule has 0 aliphatic carbocycles. The van der Waals surface area contributed by atoms with Crippen molar-refractivity contribution in [1.29, 1.82) is 0 Å². The highest BCUT2D eigenvalue weighted by molar-refractivity contribution is 5.94. The van der Waals surface area contributed by atoms with E-state index in [0.717, 1.165) is 25.1 Å². The second kappa shape index (κ2) is 8.73. The number of aryl methyl sites for hydroxylation is 1. The monoisotopic (exact) mass is 404 g/mol. The summed E-state index contributed by atoms with van der Waals surface area (Å²) in [5.41, 5.74) is 8.29. The molecule has 0 bridgehead atoms. The highest BCUT2D eigenvalue weighted by Gasteiger charge is 2.21. The van der Waals surface area contributed by atoms with Crippen molar-refractivity contribution in [2.24, 2.45) is 0 Å². The minimum absolute atomic E-state index is 0.146. The molecule has 0 fully saturated rings. The highest BCUT2D eigenvalue weighted by Crippen LogP contribution is 2.32. The van der Waals surface area contributed by atoms with Crippen LogP contribution in [0, 0.1) is 0 Å². The van der Waals surface area contributed by atoms with E-state index in [1.165, 1.54) is 5.56 Å². The quantitative estimate of drug-likeness (QED) is 0.538. The Morgan fingerprint density at radius 2 is 1.80 bits per heavy atom. The molecule has 0 spiro atoms. The number of benzene rings is 1. The molecule has 1 aliphatic heterocycles. The molecule has 154 valence electrons. The van der Waals surface area contributed by atoms with E-state index in [4.69, 9.17) is 0 Å². The average molecular weight is 404 g/mol. The summed E-state index contributed by atoms with van der Waals surface area (Å²) >= 11 is 0. The number of carbonyl (C=O) groups is 1. The predicted molar refractivity (Wildman–Crippen MR) is 116 cm³/mol. The summed E-state index contributed by atoms with van der Waals surface area (Å²) in [7, 11) is 0. The van der Waals surface area contributed by atoms with E-state index >= 15 is 0 Å². The van der Waals surface area contributed by atoms with Crippen LogP contribution in [0.3, 0.4) is 0 Å². The lowest BCUT2D eigenvalue weighted by Crippen LogP contribution is -2.32. The van der Waals surface area contributed by atoms with Crippen LogP contribution in [0.25, 0.3) is 0 Å². The molecule has 9 nitrogen and oxygen atoms in total. The summed E-state index contributed by atoms with van der Waals surface area (Å²) in [6.45, 7) is 4.83. The molecule has 0 radical (unpaired) electrons. The van der Waals surface area contributed by atoms with Gasteiger partial charge in [0.1, 0.15) is 0 Å². The van der Waals surface area contributed by atoms with Crippen LogP contribution in [0.4, 0.5) is 23.5 Å². The van der Waals surface area contributed by atoms with Crippen molar-refractivity contribution >= 4 is 29.4 Å². The molecule has 3 aromatic rings. The lowest BCUT2D eigenvalue weighted by atomic mass is 10.0. The van der Waals surface area contributed by atoms with E-state index in [9.17, 15) is 4.79 Å². The van der Waals surface area contributed by atoms with Crippen molar-refractivity contribution in [1.82, 2.24) is 25.4 Å². The van der Waals surface area contributed by atoms with Gasteiger partial charge in [-0.25, -0.2) is 0 Å². The van der Waals surface area contributed by atoms with Crippen LogP contribution in [0.1, 0.15) is 36.2 Å². The van der Waals surface area contributed by atoms with E-state index in [1.807, 2.05) is 26.0 Å². The zero-order valence-electron chi connectivity index (χ0n) is 17.0. The van der Waals surface area contributed by atoms with Gasteiger partial charge in [0.2, 0.25) is 17.8 Å². The molecule has 1 amide bonds. The minimum Gasteiger partial charge on any atom is -0.352 e. The first kappa shape index (κ1) is 19.6. The van der Waals surface area contributed by atoms with Crippen LogP contribution in [-0.4, -0.2) is 38.4 Å². The number of hydrogen-bond donors (Lipinski definition) is 3. The number of fused-ring (bicyclic) bond motifs is 1. The third kappa shape index (κ3) is 4.45. The smallest absolute Gasteiger partial charge is 0.269 e. The SMILES string of the molecule is CC(C)Nc1nc(NNC(=O)c2ccncc2)nc(N2CCCc3ccccc32)n1. The maximum absolute atomic E-state index is 12.3. The second-order valence-corrected chi connectivity index (χ2v) is 7.28. The van der Waals surface area contributed by atoms with Crippen LogP contribution in [0.15, 0.2) is 48.8 Å². The molecule has 0 unspecified atom stereocenters. The van der Waals surface area contributed by atoms with Gasteiger partial charge in [0.15, 0.2) is 0 Å². The lowest BCUT2D eigenvalue weighted by Gasteiger charge is -2.29. The third-order valence-electron chi connectivity index (χ3n) is 4.62. The number of aromatic nitrogens is 4. The predicted octanol–water partition coefficient (Wildman–Crippen LogP) is 2.93. The van der Waals surface area contributed by atoms with Crippen molar-refractivity contribution in [3.8, 4) is 0 Å². The van der Waals surface area contributed by atoms with Gasteiger partial charge in [-0.3, -0.25) is 20.6 Å². The van der Waals surface area contributed by atoms with Crippen molar-refractivity contribution in [3.05, 3.63) is 59.9 Å². The van der Waals surface area contributed by atoms with Gasteiger partial charge >= 0.3 is 0 Å². The van der Waals surface area contributed by atoms with Crippen LogP contribution in [0.5, 0.6) is 0 Å². The molecule has 4 rings (SSSR count). The Bertz CT molecular complexity index is 1020. The molecule has 3 heterocycles. The zero-order valence-corrected chi connectivity index (χ0v) is 17.0. The summed E-state index contributed by atoms with van der Waals surface area (Å²) in [6, 6.07) is 11.7. The lowest BCUT2D eigenvalue weighted by molar-refractivity contribution is 0.0962. The van der Waals surface area contributed by atoms with Crippen LogP contribution in [-0.2, 0) is 6.42 Å². The molecule has 0 saturated carbocycles. The van der Waals surface area contributed by atoms with Crippen LogP contribution >= 0.6 is 0 Å². The number of para-hydroxylation sites is 1. The molecule has 0 saturated heterocycles. The van der Waals surface area contributed by atoms with Gasteiger partial charge in [-0.1, -0.05) is 18.2 Å². The summed E-state index contributed by atoms with van der Waals surface area (Å²) in [6.07, 6.45) is 5.17. The van der Waals surface area contributed by atoms with E-state index in [2.05, 4.69) is 53.1 Å². The molecule has 9 heteroatoms. The Morgan fingerprint density at radius 1 is 1.03 bits per heavy atom. The Morgan fingerprint density at radius 3 is 2.60 bits per heavy atom.